The van der Waals surface area contributed by atoms with Crippen molar-refractivity contribution in [1.29, 1.82) is 0 Å². The zero-order valence-electron chi connectivity index (χ0n) is 19.8. The van der Waals surface area contributed by atoms with Crippen molar-refractivity contribution < 1.29 is 18.8 Å². The first kappa shape index (κ1) is 22.5. The van der Waals surface area contributed by atoms with Crippen molar-refractivity contribution in [3.05, 3.63) is 41.5 Å². The molecule has 6 rings (SSSR count). The lowest BCUT2D eigenvalue weighted by molar-refractivity contribution is 0.0398. The normalized spacial score (nSPS) is 18.6. The zero-order valence-corrected chi connectivity index (χ0v) is 19.8. The van der Waals surface area contributed by atoms with Crippen LogP contribution >= 0.6 is 0 Å². The van der Waals surface area contributed by atoms with Crippen LogP contribution in [0.3, 0.4) is 0 Å². The van der Waals surface area contributed by atoms with Crippen molar-refractivity contribution in [2.75, 3.05) is 89.4 Å². The molecule has 9 nitrogen and oxygen atoms in total. The summed E-state index contributed by atoms with van der Waals surface area (Å²) < 4.78 is 16.8. The fraction of sp³-hybridized carbons (Fsp3) is 0.462. The molecular formula is C26H31N5O4. The molecule has 0 amide bonds. The van der Waals surface area contributed by atoms with Crippen LogP contribution < -0.4 is 10.6 Å². The average Bonchev–Trinajstić information content (AvgIpc) is 3.35. The number of aromatic nitrogens is 1. The van der Waals surface area contributed by atoms with E-state index in [-0.39, 0.29) is 5.78 Å². The summed E-state index contributed by atoms with van der Waals surface area (Å²) in [5, 5.41) is 12.3. The van der Waals surface area contributed by atoms with Crippen LogP contribution in [0, 0.1) is 0 Å². The van der Waals surface area contributed by atoms with Crippen molar-refractivity contribution in [1.82, 2.24) is 15.0 Å². The molecule has 2 aliphatic heterocycles. The van der Waals surface area contributed by atoms with Crippen LogP contribution in [0.2, 0.25) is 0 Å². The Morgan fingerprint density at radius 2 is 1.43 bits per heavy atom. The fourth-order valence-corrected chi connectivity index (χ4v) is 5.18. The van der Waals surface area contributed by atoms with Crippen molar-refractivity contribution in [2.24, 2.45) is 0 Å². The molecule has 0 spiro atoms. The number of benzene rings is 2. The number of ether oxygens (including phenoxy) is 2. The van der Waals surface area contributed by atoms with Crippen molar-refractivity contribution >= 4 is 28.1 Å². The fourth-order valence-electron chi connectivity index (χ4n) is 5.18. The van der Waals surface area contributed by atoms with Gasteiger partial charge in [-0.15, -0.1) is 0 Å². The highest BCUT2D eigenvalue weighted by Gasteiger charge is 2.32. The molecule has 0 saturated carbocycles. The number of fused-ring (bicyclic) bond motifs is 2. The van der Waals surface area contributed by atoms with Crippen LogP contribution in [0.25, 0.3) is 22.2 Å². The molecular weight excluding hydrogens is 446 g/mol. The highest BCUT2D eigenvalue weighted by molar-refractivity contribution is 6.28. The summed E-state index contributed by atoms with van der Waals surface area (Å²) in [6.45, 7) is 10.2. The first-order chi connectivity index (χ1) is 17.3. The molecule has 0 unspecified atom stereocenters. The van der Waals surface area contributed by atoms with Gasteiger partial charge in [-0.05, 0) is 6.07 Å². The summed E-state index contributed by atoms with van der Waals surface area (Å²) in [4.78, 5) is 18.4. The SMILES string of the molecule is O=C1c2ccccc2-c2onc3c(NCCN4CCOCC4)cc(NCCN4CCOCC4)c1c23. The van der Waals surface area contributed by atoms with Gasteiger partial charge in [-0.3, -0.25) is 14.6 Å². The summed E-state index contributed by atoms with van der Waals surface area (Å²) in [7, 11) is 0. The smallest absolute Gasteiger partial charge is 0.196 e. The molecule has 2 fully saturated rings. The van der Waals surface area contributed by atoms with Gasteiger partial charge in [0, 0.05) is 69.2 Å². The molecule has 35 heavy (non-hydrogen) atoms. The predicted octanol–water partition coefficient (Wildman–Crippen LogP) is 2.53. The number of morpholine rings is 2. The molecule has 0 atom stereocenters. The maximum absolute atomic E-state index is 13.6. The molecule has 2 N–H and O–H groups in total. The van der Waals surface area contributed by atoms with Crippen molar-refractivity contribution in [2.45, 2.75) is 0 Å². The average molecular weight is 478 g/mol. The lowest BCUT2D eigenvalue weighted by atomic mass is 9.86. The predicted molar refractivity (Wildman–Crippen MR) is 134 cm³/mol. The third kappa shape index (κ3) is 4.40. The summed E-state index contributed by atoms with van der Waals surface area (Å²) in [5.41, 5.74) is 4.52. The molecule has 2 saturated heterocycles. The van der Waals surface area contributed by atoms with E-state index in [9.17, 15) is 4.79 Å². The number of rotatable bonds is 8. The largest absolute Gasteiger partial charge is 0.383 e. The van der Waals surface area contributed by atoms with E-state index in [0.29, 0.717) is 22.4 Å². The van der Waals surface area contributed by atoms with E-state index in [4.69, 9.17) is 14.0 Å². The quantitative estimate of drug-likeness (QED) is 0.397. The van der Waals surface area contributed by atoms with Gasteiger partial charge in [-0.1, -0.05) is 29.4 Å². The molecule has 3 heterocycles. The second-order valence-corrected chi connectivity index (χ2v) is 9.22. The second-order valence-electron chi connectivity index (χ2n) is 9.22. The Hall–Kier alpha value is -2.98. The van der Waals surface area contributed by atoms with E-state index in [1.807, 2.05) is 30.3 Å². The Balaban J connectivity index is 1.30. The van der Waals surface area contributed by atoms with Crippen LogP contribution in [-0.2, 0) is 9.47 Å². The van der Waals surface area contributed by atoms with Crippen LogP contribution in [0.4, 0.5) is 11.4 Å². The van der Waals surface area contributed by atoms with Gasteiger partial charge < -0.3 is 24.6 Å². The van der Waals surface area contributed by atoms with Gasteiger partial charge in [0.25, 0.3) is 0 Å². The van der Waals surface area contributed by atoms with Gasteiger partial charge in [0.05, 0.1) is 43.1 Å². The standard InChI is InChI=1S/C26H31N5O4/c32-25-18-3-1-2-4-19(18)26-23-22(25)20(27-5-7-30-9-13-33-14-10-30)17-21(24(23)29-35-26)28-6-8-31-11-15-34-16-12-31/h1-4,17,27-28H,5-16H2. The first-order valence-electron chi connectivity index (χ1n) is 12.5. The number of carbonyl (C=O) groups excluding carboxylic acids is 1. The Morgan fingerprint density at radius 1 is 0.829 bits per heavy atom. The number of ketones is 1. The van der Waals surface area contributed by atoms with E-state index in [2.05, 4.69) is 25.6 Å². The Kier molecular flexibility index (Phi) is 6.39. The van der Waals surface area contributed by atoms with Gasteiger partial charge in [0.1, 0.15) is 5.52 Å². The summed E-state index contributed by atoms with van der Waals surface area (Å²) in [5.74, 6) is 0.674. The third-order valence-corrected chi connectivity index (χ3v) is 7.09. The molecule has 3 aromatic rings. The highest BCUT2D eigenvalue weighted by Crippen LogP contribution is 2.44. The van der Waals surface area contributed by atoms with Gasteiger partial charge in [-0.2, -0.15) is 0 Å². The van der Waals surface area contributed by atoms with E-state index in [1.54, 1.807) is 0 Å². The maximum Gasteiger partial charge on any atom is 0.196 e. The minimum Gasteiger partial charge on any atom is -0.383 e. The van der Waals surface area contributed by atoms with Crippen LogP contribution in [0.1, 0.15) is 15.9 Å². The van der Waals surface area contributed by atoms with Crippen molar-refractivity contribution in [3.63, 3.8) is 0 Å². The zero-order chi connectivity index (χ0) is 23.6. The van der Waals surface area contributed by atoms with Gasteiger partial charge in [-0.25, -0.2) is 0 Å². The molecule has 0 bridgehead atoms. The number of carbonyl (C=O) groups is 1. The lowest BCUT2D eigenvalue weighted by Gasteiger charge is -2.27. The Bertz CT molecular complexity index is 1210. The number of anilines is 2. The first-order valence-corrected chi connectivity index (χ1v) is 12.5. The summed E-state index contributed by atoms with van der Waals surface area (Å²) in [6.07, 6.45) is 0. The van der Waals surface area contributed by atoms with E-state index < -0.39 is 0 Å². The van der Waals surface area contributed by atoms with Gasteiger partial charge >= 0.3 is 0 Å². The second kappa shape index (κ2) is 9.94. The lowest BCUT2D eigenvalue weighted by Crippen LogP contribution is -2.39. The number of hydrogen-bond acceptors (Lipinski definition) is 9. The number of hydrogen-bond donors (Lipinski definition) is 2. The minimum atomic E-state index is 0.00930. The Labute approximate surface area is 204 Å². The monoisotopic (exact) mass is 477 g/mol. The van der Waals surface area contributed by atoms with E-state index in [1.165, 1.54) is 0 Å². The van der Waals surface area contributed by atoms with Crippen LogP contribution in [0.5, 0.6) is 0 Å². The maximum atomic E-state index is 13.6. The van der Waals surface area contributed by atoms with E-state index in [0.717, 1.165) is 101 Å². The van der Waals surface area contributed by atoms with Crippen LogP contribution in [0.15, 0.2) is 34.9 Å². The van der Waals surface area contributed by atoms with E-state index >= 15 is 0 Å². The van der Waals surface area contributed by atoms with Gasteiger partial charge in [0.15, 0.2) is 11.5 Å². The highest BCUT2D eigenvalue weighted by atomic mass is 16.5. The van der Waals surface area contributed by atoms with Gasteiger partial charge in [0.2, 0.25) is 0 Å². The topological polar surface area (TPSA) is 92.1 Å². The molecule has 9 heteroatoms. The summed E-state index contributed by atoms with van der Waals surface area (Å²) in [6, 6.07) is 9.63. The molecule has 0 radical (unpaired) electrons. The number of nitrogens with zero attached hydrogens (tertiary/aromatic N) is 3. The molecule has 3 aliphatic rings. The molecule has 1 aliphatic carbocycles. The van der Waals surface area contributed by atoms with Crippen molar-refractivity contribution in [3.8, 4) is 11.3 Å². The minimum absolute atomic E-state index is 0.00930. The summed E-state index contributed by atoms with van der Waals surface area (Å²) >= 11 is 0. The third-order valence-electron chi connectivity index (χ3n) is 7.09. The molecule has 1 aromatic heterocycles. The Morgan fingerprint density at radius 3 is 2.09 bits per heavy atom. The molecule has 2 aromatic carbocycles. The molecule has 184 valence electrons. The number of nitrogens with one attached hydrogen (secondary N) is 2. The van der Waals surface area contributed by atoms with Crippen LogP contribution in [-0.4, -0.2) is 99.5 Å².